The summed E-state index contributed by atoms with van der Waals surface area (Å²) in [4.78, 5) is 38.3. The van der Waals surface area contributed by atoms with Gasteiger partial charge < -0.3 is 14.4 Å². The number of rotatable bonds is 10. The summed E-state index contributed by atoms with van der Waals surface area (Å²) in [5.74, 6) is 0.983. The van der Waals surface area contributed by atoms with Gasteiger partial charge in [-0.2, -0.15) is 5.26 Å². The van der Waals surface area contributed by atoms with Gasteiger partial charge in [0.25, 0.3) is 0 Å². The Labute approximate surface area is 236 Å². The molecule has 0 spiro atoms. The van der Waals surface area contributed by atoms with Crippen LogP contribution in [0.15, 0.2) is 18.3 Å². The van der Waals surface area contributed by atoms with Gasteiger partial charge in [-0.05, 0) is 44.7 Å². The van der Waals surface area contributed by atoms with Crippen LogP contribution in [0, 0.1) is 11.3 Å². The van der Waals surface area contributed by atoms with Crippen LogP contribution in [-0.2, 0) is 17.7 Å². The lowest BCUT2D eigenvalue weighted by molar-refractivity contribution is 0.0919. The number of fused-ring (bicyclic) bond motifs is 1. The van der Waals surface area contributed by atoms with E-state index in [1.165, 1.54) is 17.2 Å². The van der Waals surface area contributed by atoms with E-state index < -0.39 is 6.03 Å². The van der Waals surface area contributed by atoms with E-state index in [9.17, 15) is 14.9 Å². The number of nitrogens with zero attached hydrogens (tertiary/aromatic N) is 5. The van der Waals surface area contributed by atoms with Crippen molar-refractivity contribution < 1.29 is 19.1 Å². The summed E-state index contributed by atoms with van der Waals surface area (Å²) in [6.07, 6.45) is 4.19. The van der Waals surface area contributed by atoms with Crippen LogP contribution in [0.5, 0.6) is 5.75 Å². The molecule has 2 amide bonds. The second-order valence-corrected chi connectivity index (χ2v) is 9.41. The van der Waals surface area contributed by atoms with E-state index in [0.29, 0.717) is 31.3 Å². The fourth-order valence-corrected chi connectivity index (χ4v) is 4.31. The second kappa shape index (κ2) is 15.7. The molecule has 0 bridgehead atoms. The Kier molecular flexibility index (Phi) is 12.7. The van der Waals surface area contributed by atoms with E-state index in [2.05, 4.69) is 22.2 Å². The Morgan fingerprint density at radius 2 is 2.13 bits per heavy atom. The molecule has 1 aliphatic heterocycles. The van der Waals surface area contributed by atoms with E-state index >= 15 is 0 Å². The quantitative estimate of drug-likeness (QED) is 0.314. The van der Waals surface area contributed by atoms with Crippen molar-refractivity contribution in [3.8, 4) is 11.8 Å². The molecule has 0 saturated carbocycles. The molecule has 1 atom stereocenters. The number of pyridine rings is 2. The molecule has 3 rings (SSSR count). The number of amides is 2. The van der Waals surface area contributed by atoms with Crippen LogP contribution in [0.4, 0.5) is 16.4 Å². The van der Waals surface area contributed by atoms with Crippen molar-refractivity contribution in [1.29, 1.82) is 5.26 Å². The van der Waals surface area contributed by atoms with Crippen molar-refractivity contribution in [2.45, 2.75) is 66.5 Å². The van der Waals surface area contributed by atoms with E-state index in [1.807, 2.05) is 44.7 Å². The molecule has 1 unspecified atom stereocenters. The second-order valence-electron chi connectivity index (χ2n) is 8.82. The first-order valence-electron chi connectivity index (χ1n) is 13.2. The van der Waals surface area contributed by atoms with Crippen molar-refractivity contribution >= 4 is 41.2 Å². The zero-order valence-corrected chi connectivity index (χ0v) is 24.4. The van der Waals surface area contributed by atoms with Crippen molar-refractivity contribution in [1.82, 2.24) is 14.9 Å². The number of ether oxygens (including phenoxy) is 2. The van der Waals surface area contributed by atoms with Crippen LogP contribution in [0.25, 0.3) is 0 Å². The minimum Gasteiger partial charge on any atom is -0.487 e. The summed E-state index contributed by atoms with van der Waals surface area (Å²) in [5.41, 5.74) is 2.22. The number of nitriles is 1. The molecule has 1 aliphatic rings. The molecule has 3 heterocycles. The summed E-state index contributed by atoms with van der Waals surface area (Å²) >= 11 is 5.38. The van der Waals surface area contributed by atoms with Crippen LogP contribution >= 0.6 is 12.2 Å². The SMILES string of the molecule is CC.CCCN(Cc1cc2c(nc1C=O)N(C(=O)Nc1cc(OC(C)COC)c(C#N)cn1)CCC2)C(C)=S. The fourth-order valence-electron chi connectivity index (χ4n) is 4.16. The van der Waals surface area contributed by atoms with Crippen LogP contribution in [0.1, 0.15) is 74.6 Å². The maximum atomic E-state index is 13.3. The maximum Gasteiger partial charge on any atom is 0.328 e. The van der Waals surface area contributed by atoms with Gasteiger partial charge in [-0.25, -0.2) is 14.8 Å². The van der Waals surface area contributed by atoms with E-state index in [-0.39, 0.29) is 23.2 Å². The monoisotopic (exact) mass is 554 g/mol. The number of methoxy groups -OCH3 is 1. The van der Waals surface area contributed by atoms with Gasteiger partial charge in [-0.15, -0.1) is 0 Å². The number of carbonyl (C=O) groups excluding carboxylic acids is 2. The third-order valence-electron chi connectivity index (χ3n) is 5.88. The Hall–Kier alpha value is -3.62. The molecular formula is C28H38N6O4S. The van der Waals surface area contributed by atoms with Gasteiger partial charge in [-0.3, -0.25) is 15.0 Å². The summed E-state index contributed by atoms with van der Waals surface area (Å²) in [7, 11) is 1.56. The van der Waals surface area contributed by atoms with Crippen molar-refractivity contribution in [2.24, 2.45) is 0 Å². The Morgan fingerprint density at radius 3 is 2.74 bits per heavy atom. The molecule has 1 N–H and O–H groups in total. The number of anilines is 2. The summed E-state index contributed by atoms with van der Waals surface area (Å²) in [6.45, 7) is 11.8. The van der Waals surface area contributed by atoms with Gasteiger partial charge >= 0.3 is 6.03 Å². The first kappa shape index (κ1) is 31.6. The summed E-state index contributed by atoms with van der Waals surface area (Å²) < 4.78 is 10.9. The third kappa shape index (κ3) is 8.43. The third-order valence-corrected chi connectivity index (χ3v) is 6.14. The fraction of sp³-hybridized carbons (Fsp3) is 0.500. The van der Waals surface area contributed by atoms with Crippen LogP contribution in [0.2, 0.25) is 0 Å². The molecule has 0 radical (unpaired) electrons. The molecule has 39 heavy (non-hydrogen) atoms. The minimum atomic E-state index is -0.437. The molecular weight excluding hydrogens is 516 g/mol. The molecule has 2 aromatic heterocycles. The highest BCUT2D eigenvalue weighted by Gasteiger charge is 2.27. The first-order chi connectivity index (χ1) is 18.8. The number of aldehydes is 1. The van der Waals surface area contributed by atoms with Gasteiger partial charge in [0, 0.05) is 38.4 Å². The molecule has 0 aromatic carbocycles. The van der Waals surface area contributed by atoms with Crippen LogP contribution < -0.4 is 15.0 Å². The lowest BCUT2D eigenvalue weighted by Crippen LogP contribution is -2.40. The van der Waals surface area contributed by atoms with Crippen LogP contribution in [-0.4, -0.2) is 65.1 Å². The molecule has 0 aliphatic carbocycles. The number of urea groups is 1. The average molecular weight is 555 g/mol. The highest BCUT2D eigenvalue weighted by molar-refractivity contribution is 7.80. The van der Waals surface area contributed by atoms with Gasteiger partial charge in [0.05, 0.1) is 17.8 Å². The predicted molar refractivity (Wildman–Crippen MR) is 156 cm³/mol. The van der Waals surface area contributed by atoms with Crippen molar-refractivity contribution in [3.63, 3.8) is 0 Å². The van der Waals surface area contributed by atoms with Crippen molar-refractivity contribution in [3.05, 3.63) is 40.7 Å². The molecule has 0 fully saturated rings. The molecule has 0 saturated heterocycles. The Balaban J connectivity index is 0.00000260. The average Bonchev–Trinajstić information content (AvgIpc) is 2.93. The summed E-state index contributed by atoms with van der Waals surface area (Å²) in [5, 5.41) is 12.2. The highest BCUT2D eigenvalue weighted by atomic mass is 32.1. The molecule has 11 heteroatoms. The standard InChI is InChI=1S/C26H32N6O4S.C2H6/c1-5-8-31(18(3)37)14-20-10-19-7-6-9-32(25(19)29-22(20)15-33)26(34)30-24-11-23(21(12-27)13-28-24)36-17(2)16-35-4;1-2/h10-11,13,15,17H,5-9,14,16H2,1-4H3,(H,28,30,34);1-2H3. The van der Waals surface area contributed by atoms with E-state index in [1.54, 1.807) is 7.11 Å². The lowest BCUT2D eigenvalue weighted by Gasteiger charge is -2.30. The first-order valence-corrected chi connectivity index (χ1v) is 13.6. The Morgan fingerprint density at radius 1 is 1.38 bits per heavy atom. The van der Waals surface area contributed by atoms with E-state index in [4.69, 9.17) is 21.7 Å². The van der Waals surface area contributed by atoms with E-state index in [0.717, 1.165) is 48.2 Å². The maximum absolute atomic E-state index is 13.3. The van der Waals surface area contributed by atoms with Crippen LogP contribution in [0.3, 0.4) is 0 Å². The smallest absolute Gasteiger partial charge is 0.328 e. The van der Waals surface area contributed by atoms with Gasteiger partial charge in [0.15, 0.2) is 6.29 Å². The normalized spacial score (nSPS) is 12.7. The number of aryl methyl sites for hydroxylation is 1. The van der Waals surface area contributed by atoms with Gasteiger partial charge in [0.2, 0.25) is 0 Å². The molecule has 210 valence electrons. The number of thiocarbonyl (C=S) groups is 1. The largest absolute Gasteiger partial charge is 0.487 e. The van der Waals surface area contributed by atoms with Gasteiger partial charge in [0.1, 0.15) is 40.8 Å². The number of hydrogen-bond acceptors (Lipinski definition) is 8. The zero-order chi connectivity index (χ0) is 28.9. The molecule has 2 aromatic rings. The topological polar surface area (TPSA) is 121 Å². The number of aromatic nitrogens is 2. The number of carbonyl (C=O) groups is 2. The van der Waals surface area contributed by atoms with Crippen molar-refractivity contribution in [2.75, 3.05) is 37.0 Å². The summed E-state index contributed by atoms with van der Waals surface area (Å²) in [6, 6.07) is 5.07. The lowest BCUT2D eigenvalue weighted by atomic mass is 10.0. The predicted octanol–water partition coefficient (Wildman–Crippen LogP) is 5.14. The minimum absolute atomic E-state index is 0.231. The number of hydrogen-bond donors (Lipinski definition) is 1. The van der Waals surface area contributed by atoms with Gasteiger partial charge in [-0.1, -0.05) is 33.0 Å². The highest BCUT2D eigenvalue weighted by Crippen LogP contribution is 2.29. The zero-order valence-electron chi connectivity index (χ0n) is 23.6. The molecule has 10 nitrogen and oxygen atoms in total. The number of nitrogens with one attached hydrogen (secondary N) is 1. The Bertz CT molecular complexity index is 1200.